The van der Waals surface area contributed by atoms with Gasteiger partial charge >= 0.3 is 0 Å². The summed E-state index contributed by atoms with van der Waals surface area (Å²) in [6.45, 7) is 2.75. The lowest BCUT2D eigenvalue weighted by molar-refractivity contribution is -0.136. The van der Waals surface area contributed by atoms with Gasteiger partial charge in [-0.1, -0.05) is 12.1 Å². The van der Waals surface area contributed by atoms with Gasteiger partial charge in [0.25, 0.3) is 11.8 Å². The number of piperidine rings is 1. The molecule has 7 nitrogen and oxygen atoms in total. The molecule has 0 aliphatic carbocycles. The first kappa shape index (κ1) is 18.1. The quantitative estimate of drug-likeness (QED) is 0.787. The van der Waals surface area contributed by atoms with E-state index < -0.39 is 0 Å². The van der Waals surface area contributed by atoms with Crippen LogP contribution in [0.15, 0.2) is 30.0 Å². The average molecular weight is 357 g/mol. The Labute approximate surface area is 152 Å². The van der Waals surface area contributed by atoms with E-state index in [1.165, 1.54) is 14.0 Å². The smallest absolute Gasteiger partial charge is 0.277 e. The Hall–Kier alpha value is -2.67. The number of carbonyl (C=O) groups is 3. The van der Waals surface area contributed by atoms with Crippen molar-refractivity contribution in [3.05, 3.63) is 35.5 Å². The third-order valence-electron chi connectivity index (χ3n) is 4.85. The lowest BCUT2D eigenvalue weighted by atomic mass is 9.97. The van der Waals surface area contributed by atoms with Gasteiger partial charge in [-0.3, -0.25) is 19.3 Å². The molecule has 7 heteroatoms. The van der Waals surface area contributed by atoms with E-state index in [0.717, 1.165) is 17.7 Å². The molecule has 3 rings (SSSR count). The number of hydrogen-bond donors (Lipinski definition) is 2. The molecule has 1 atom stereocenters. The normalized spacial score (nSPS) is 20.8. The number of rotatable bonds is 4. The Bertz CT molecular complexity index is 769. The highest BCUT2D eigenvalue weighted by molar-refractivity contribution is 6.35. The number of likely N-dealkylation sites (N-methyl/N-ethyl adjacent to an activating group) is 1. The molecule has 0 radical (unpaired) electrons. The first-order valence-electron chi connectivity index (χ1n) is 8.73. The van der Waals surface area contributed by atoms with E-state index in [0.29, 0.717) is 35.6 Å². The number of nitrogens with one attached hydrogen (secondary N) is 1. The van der Waals surface area contributed by atoms with Gasteiger partial charge in [0.2, 0.25) is 5.91 Å². The second-order valence-corrected chi connectivity index (χ2v) is 6.79. The summed E-state index contributed by atoms with van der Waals surface area (Å²) in [5, 5.41) is 12.2. The predicted molar refractivity (Wildman–Crippen MR) is 96.8 cm³/mol. The van der Waals surface area contributed by atoms with Crippen LogP contribution in [0.25, 0.3) is 5.57 Å². The van der Waals surface area contributed by atoms with Crippen LogP contribution in [0.3, 0.4) is 0 Å². The van der Waals surface area contributed by atoms with Crippen molar-refractivity contribution in [2.45, 2.75) is 19.8 Å². The topological polar surface area (TPSA) is 90.0 Å². The van der Waals surface area contributed by atoms with Crippen LogP contribution in [0.1, 0.15) is 25.3 Å². The summed E-state index contributed by atoms with van der Waals surface area (Å²) in [5.74, 6) is -0.709. The Morgan fingerprint density at radius 2 is 1.92 bits per heavy atom. The number of anilines is 1. The molecule has 2 aliphatic heterocycles. The zero-order chi connectivity index (χ0) is 18.8. The first-order valence-corrected chi connectivity index (χ1v) is 8.73. The summed E-state index contributed by atoms with van der Waals surface area (Å²) >= 11 is 0. The largest absolute Gasteiger partial charge is 0.396 e. The number of nitrogens with zero attached hydrogens (tertiary/aromatic N) is 2. The summed E-state index contributed by atoms with van der Waals surface area (Å²) in [4.78, 5) is 39.6. The summed E-state index contributed by atoms with van der Waals surface area (Å²) in [5.41, 5.74) is 2.06. The lowest BCUT2D eigenvalue weighted by Gasteiger charge is -2.34. The molecule has 2 N–H and O–H groups in total. The van der Waals surface area contributed by atoms with E-state index in [2.05, 4.69) is 5.32 Å². The molecular formula is C19H23N3O4. The van der Waals surface area contributed by atoms with Gasteiger partial charge in [-0.2, -0.15) is 0 Å². The molecule has 1 aromatic carbocycles. The van der Waals surface area contributed by atoms with Gasteiger partial charge in [0, 0.05) is 39.4 Å². The maximum absolute atomic E-state index is 12.7. The van der Waals surface area contributed by atoms with Crippen LogP contribution in [0.4, 0.5) is 5.69 Å². The molecule has 138 valence electrons. The Morgan fingerprint density at radius 3 is 2.54 bits per heavy atom. The van der Waals surface area contributed by atoms with Crippen LogP contribution >= 0.6 is 0 Å². The van der Waals surface area contributed by atoms with Crippen molar-refractivity contribution in [1.82, 2.24) is 9.80 Å². The fraction of sp³-hybridized carbons (Fsp3) is 0.421. The van der Waals surface area contributed by atoms with Crippen molar-refractivity contribution in [2.75, 3.05) is 32.1 Å². The highest BCUT2D eigenvalue weighted by Gasteiger charge is 2.40. The molecule has 3 amide bonds. The van der Waals surface area contributed by atoms with E-state index in [9.17, 15) is 19.5 Å². The highest BCUT2D eigenvalue weighted by atomic mass is 16.3. The number of aliphatic hydroxyl groups is 1. The molecule has 1 aromatic rings. The SMILES string of the molecule is CC(=O)Nc1ccc(C2=C(N3CCCC(CO)C3)C(=O)N(C)C2=O)cc1. The van der Waals surface area contributed by atoms with Crippen molar-refractivity contribution in [3.8, 4) is 0 Å². The van der Waals surface area contributed by atoms with E-state index in [4.69, 9.17) is 0 Å². The van der Waals surface area contributed by atoms with Gasteiger partial charge in [-0.15, -0.1) is 0 Å². The van der Waals surface area contributed by atoms with Crippen LogP contribution in [-0.2, 0) is 14.4 Å². The summed E-state index contributed by atoms with van der Waals surface area (Å²) in [7, 11) is 1.48. The number of imide groups is 1. The van der Waals surface area contributed by atoms with Gasteiger partial charge in [-0.05, 0) is 36.5 Å². The molecule has 2 heterocycles. The molecule has 2 aliphatic rings. The number of benzene rings is 1. The molecular weight excluding hydrogens is 334 g/mol. The van der Waals surface area contributed by atoms with Gasteiger partial charge in [-0.25, -0.2) is 0 Å². The lowest BCUT2D eigenvalue weighted by Crippen LogP contribution is -2.39. The fourth-order valence-corrected chi connectivity index (χ4v) is 3.52. The van der Waals surface area contributed by atoms with E-state index >= 15 is 0 Å². The molecule has 26 heavy (non-hydrogen) atoms. The van der Waals surface area contributed by atoms with Crippen LogP contribution in [0.5, 0.6) is 0 Å². The first-order chi connectivity index (χ1) is 12.4. The molecule has 0 spiro atoms. The van der Waals surface area contributed by atoms with Gasteiger partial charge in [0.05, 0.1) is 5.57 Å². The van der Waals surface area contributed by atoms with Crippen molar-refractivity contribution in [3.63, 3.8) is 0 Å². The molecule has 1 saturated heterocycles. The van der Waals surface area contributed by atoms with Crippen molar-refractivity contribution in [2.24, 2.45) is 5.92 Å². The van der Waals surface area contributed by atoms with E-state index in [-0.39, 0.29) is 30.2 Å². The fourth-order valence-electron chi connectivity index (χ4n) is 3.52. The summed E-state index contributed by atoms with van der Waals surface area (Å²) in [6.07, 6.45) is 1.79. The Kier molecular flexibility index (Phi) is 5.08. The van der Waals surface area contributed by atoms with Crippen LogP contribution in [0, 0.1) is 5.92 Å². The second kappa shape index (κ2) is 7.29. The monoisotopic (exact) mass is 357 g/mol. The molecule has 0 bridgehead atoms. The molecule has 0 aromatic heterocycles. The maximum atomic E-state index is 12.7. The summed E-state index contributed by atoms with van der Waals surface area (Å²) in [6, 6.07) is 6.89. The maximum Gasteiger partial charge on any atom is 0.277 e. The Morgan fingerprint density at radius 1 is 1.23 bits per heavy atom. The Balaban J connectivity index is 1.99. The average Bonchev–Trinajstić information content (AvgIpc) is 2.86. The van der Waals surface area contributed by atoms with Crippen LogP contribution in [-0.4, -0.2) is 59.4 Å². The van der Waals surface area contributed by atoms with Gasteiger partial charge in [0.1, 0.15) is 5.70 Å². The molecule has 0 saturated carbocycles. The predicted octanol–water partition coefficient (Wildman–Crippen LogP) is 1.06. The number of aliphatic hydroxyl groups excluding tert-OH is 1. The highest BCUT2D eigenvalue weighted by Crippen LogP contribution is 2.33. The van der Waals surface area contributed by atoms with Crippen molar-refractivity contribution >= 4 is 29.0 Å². The second-order valence-electron chi connectivity index (χ2n) is 6.79. The van der Waals surface area contributed by atoms with Crippen LogP contribution < -0.4 is 5.32 Å². The number of hydrogen-bond acceptors (Lipinski definition) is 5. The minimum absolute atomic E-state index is 0.0719. The third kappa shape index (κ3) is 3.35. The summed E-state index contributed by atoms with van der Waals surface area (Å²) < 4.78 is 0. The van der Waals surface area contributed by atoms with Gasteiger partial charge in [0.15, 0.2) is 0 Å². The minimum Gasteiger partial charge on any atom is -0.396 e. The molecule has 1 unspecified atom stereocenters. The molecule has 1 fully saturated rings. The zero-order valence-corrected chi connectivity index (χ0v) is 15.0. The van der Waals surface area contributed by atoms with E-state index in [1.54, 1.807) is 24.3 Å². The van der Waals surface area contributed by atoms with Gasteiger partial charge < -0.3 is 15.3 Å². The van der Waals surface area contributed by atoms with Crippen molar-refractivity contribution < 1.29 is 19.5 Å². The van der Waals surface area contributed by atoms with E-state index in [1.807, 2.05) is 4.90 Å². The minimum atomic E-state index is -0.330. The zero-order valence-electron chi connectivity index (χ0n) is 15.0. The standard InChI is InChI=1S/C19H23N3O4/c1-12(24)20-15-7-5-14(6-8-15)16-17(19(26)21(2)18(16)25)22-9-3-4-13(10-22)11-23/h5-8,13,23H,3-4,9-11H2,1-2H3,(H,20,24). The third-order valence-corrected chi connectivity index (χ3v) is 4.85. The number of amides is 3. The number of likely N-dealkylation sites (tertiary alicyclic amines) is 1. The number of carbonyl (C=O) groups excluding carboxylic acids is 3. The van der Waals surface area contributed by atoms with Crippen molar-refractivity contribution in [1.29, 1.82) is 0 Å². The van der Waals surface area contributed by atoms with Crippen LogP contribution in [0.2, 0.25) is 0 Å².